The topological polar surface area (TPSA) is 108 Å². The van der Waals surface area contributed by atoms with Gasteiger partial charge in [0, 0.05) is 6.42 Å². The van der Waals surface area contributed by atoms with E-state index in [0.29, 0.717) is 17.4 Å². The Labute approximate surface area is 334 Å². The molecule has 3 atom stereocenters. The van der Waals surface area contributed by atoms with Gasteiger partial charge in [-0.25, -0.2) is 0 Å². The van der Waals surface area contributed by atoms with Crippen molar-refractivity contribution >= 4 is 13.7 Å². The number of hydrogen-bond acceptors (Lipinski definition) is 6. The predicted molar refractivity (Wildman–Crippen MR) is 228 cm³/mol. The first-order chi connectivity index (χ1) is 26.0. The van der Waals surface area contributed by atoms with Crippen LogP contribution in [0.25, 0.3) is 0 Å². The highest BCUT2D eigenvalue weighted by molar-refractivity contribution is 7.45. The van der Waals surface area contributed by atoms with Gasteiger partial charge in [-0.1, -0.05) is 192 Å². The van der Waals surface area contributed by atoms with Crippen LogP contribution < -0.4 is 10.2 Å². The molecule has 320 valence electrons. The Morgan fingerprint density at radius 2 is 1.04 bits per heavy atom. The minimum atomic E-state index is -4.58. The molecule has 0 spiro atoms. The SMILES string of the molecule is CCCCCCCCCCCCCCCCCCCCCC/C=C/CC/C=C/C(O)C(COP(=O)([O-])OCC[N+](C)(C)C)NC(=O)CCCCCCCC. The number of carbonyl (C=O) groups excluding carboxylic acids is 1. The molecule has 0 aromatic carbocycles. The number of hydrogen-bond donors (Lipinski definition) is 2. The molecule has 0 aliphatic heterocycles. The van der Waals surface area contributed by atoms with Crippen LogP contribution in [0, 0.1) is 0 Å². The van der Waals surface area contributed by atoms with E-state index in [1.807, 2.05) is 27.2 Å². The monoisotopic (exact) mass is 785 g/mol. The van der Waals surface area contributed by atoms with Gasteiger partial charge in [-0.05, 0) is 32.1 Å². The molecule has 2 N–H and O–H groups in total. The van der Waals surface area contributed by atoms with E-state index in [0.717, 1.165) is 38.5 Å². The van der Waals surface area contributed by atoms with Crippen molar-refractivity contribution < 1.29 is 32.9 Å². The zero-order valence-electron chi connectivity index (χ0n) is 36.2. The maximum atomic E-state index is 12.7. The number of allylic oxidation sites excluding steroid dienone is 3. The summed E-state index contributed by atoms with van der Waals surface area (Å²) in [5.74, 6) is -0.217. The van der Waals surface area contributed by atoms with E-state index < -0.39 is 26.6 Å². The molecule has 0 heterocycles. The minimum absolute atomic E-state index is 0.00506. The Kier molecular flexibility index (Phi) is 36.8. The lowest BCUT2D eigenvalue weighted by molar-refractivity contribution is -0.870. The van der Waals surface area contributed by atoms with Crippen molar-refractivity contribution in [1.82, 2.24) is 5.32 Å². The summed E-state index contributed by atoms with van der Waals surface area (Å²) in [4.78, 5) is 25.0. The Morgan fingerprint density at radius 1 is 0.630 bits per heavy atom. The van der Waals surface area contributed by atoms with Gasteiger partial charge in [0.1, 0.15) is 13.2 Å². The molecule has 0 radical (unpaired) electrons. The average molecular weight is 785 g/mol. The van der Waals surface area contributed by atoms with Crippen molar-refractivity contribution in [3.8, 4) is 0 Å². The molecular formula is C45H89N2O6P. The molecule has 8 nitrogen and oxygen atoms in total. The third-order valence-corrected chi connectivity index (χ3v) is 11.1. The van der Waals surface area contributed by atoms with E-state index in [4.69, 9.17) is 9.05 Å². The molecular weight excluding hydrogens is 695 g/mol. The molecule has 0 saturated carbocycles. The zero-order chi connectivity index (χ0) is 40.0. The lowest BCUT2D eigenvalue weighted by Crippen LogP contribution is -2.45. The summed E-state index contributed by atoms with van der Waals surface area (Å²) in [6, 6.07) is -0.895. The summed E-state index contributed by atoms with van der Waals surface area (Å²) in [7, 11) is 1.25. The summed E-state index contributed by atoms with van der Waals surface area (Å²) in [5.41, 5.74) is 0. The second kappa shape index (κ2) is 37.6. The van der Waals surface area contributed by atoms with Crippen LogP contribution in [-0.2, 0) is 18.4 Å². The zero-order valence-corrected chi connectivity index (χ0v) is 37.1. The minimum Gasteiger partial charge on any atom is -0.756 e. The first-order valence-corrected chi connectivity index (χ1v) is 24.2. The van der Waals surface area contributed by atoms with Gasteiger partial charge in [0.05, 0.1) is 39.9 Å². The molecule has 54 heavy (non-hydrogen) atoms. The first-order valence-electron chi connectivity index (χ1n) is 22.7. The van der Waals surface area contributed by atoms with Crippen molar-refractivity contribution in [2.45, 2.75) is 219 Å². The van der Waals surface area contributed by atoms with Crippen LogP contribution in [0.1, 0.15) is 206 Å². The summed E-state index contributed by atoms with van der Waals surface area (Å²) in [6.07, 6.45) is 44.2. The van der Waals surface area contributed by atoms with Crippen LogP contribution in [0.2, 0.25) is 0 Å². The van der Waals surface area contributed by atoms with E-state index >= 15 is 0 Å². The van der Waals surface area contributed by atoms with Crippen LogP contribution in [0.4, 0.5) is 0 Å². The van der Waals surface area contributed by atoms with Crippen LogP contribution in [0.5, 0.6) is 0 Å². The largest absolute Gasteiger partial charge is 0.756 e. The van der Waals surface area contributed by atoms with Crippen LogP contribution in [0.15, 0.2) is 24.3 Å². The third kappa shape index (κ3) is 39.2. The summed E-state index contributed by atoms with van der Waals surface area (Å²) < 4.78 is 23.0. The summed E-state index contributed by atoms with van der Waals surface area (Å²) in [5, 5.41) is 13.7. The second-order valence-electron chi connectivity index (χ2n) is 16.8. The Hall–Kier alpha value is -1.02. The van der Waals surface area contributed by atoms with Gasteiger partial charge in [-0.3, -0.25) is 9.36 Å². The highest BCUT2D eigenvalue weighted by Gasteiger charge is 2.23. The van der Waals surface area contributed by atoms with Crippen molar-refractivity contribution in [1.29, 1.82) is 0 Å². The number of phosphoric ester groups is 1. The molecule has 0 aliphatic carbocycles. The lowest BCUT2D eigenvalue weighted by Gasteiger charge is -2.29. The van der Waals surface area contributed by atoms with Gasteiger partial charge in [-0.15, -0.1) is 0 Å². The molecule has 0 fully saturated rings. The Bertz CT molecular complexity index is 938. The smallest absolute Gasteiger partial charge is 0.268 e. The van der Waals surface area contributed by atoms with Crippen molar-refractivity contribution in [2.24, 2.45) is 0 Å². The predicted octanol–water partition coefficient (Wildman–Crippen LogP) is 11.9. The molecule has 9 heteroatoms. The maximum Gasteiger partial charge on any atom is 0.268 e. The molecule has 0 aliphatic rings. The second-order valence-corrected chi connectivity index (χ2v) is 18.2. The number of aliphatic hydroxyl groups is 1. The molecule has 1 amide bonds. The number of carbonyl (C=O) groups is 1. The highest BCUT2D eigenvalue weighted by Crippen LogP contribution is 2.38. The molecule has 0 aromatic rings. The van der Waals surface area contributed by atoms with Crippen LogP contribution in [0.3, 0.4) is 0 Å². The molecule has 0 rings (SSSR count). The number of nitrogens with one attached hydrogen (secondary N) is 1. The fraction of sp³-hybridized carbons (Fsp3) is 0.889. The van der Waals surface area contributed by atoms with E-state index in [1.54, 1.807) is 6.08 Å². The van der Waals surface area contributed by atoms with Gasteiger partial charge in [0.15, 0.2) is 0 Å². The molecule has 3 unspecified atom stereocenters. The van der Waals surface area contributed by atoms with Crippen molar-refractivity contribution in [3.63, 3.8) is 0 Å². The number of phosphoric acid groups is 1. The van der Waals surface area contributed by atoms with E-state index in [9.17, 15) is 19.4 Å². The van der Waals surface area contributed by atoms with Gasteiger partial charge >= 0.3 is 0 Å². The highest BCUT2D eigenvalue weighted by atomic mass is 31.2. The molecule has 0 saturated heterocycles. The maximum absolute atomic E-state index is 12.7. The number of quaternary nitrogens is 1. The fourth-order valence-corrected chi connectivity index (χ4v) is 7.24. The van der Waals surface area contributed by atoms with E-state index in [2.05, 4.69) is 31.3 Å². The van der Waals surface area contributed by atoms with Crippen LogP contribution >= 0.6 is 7.82 Å². The lowest BCUT2D eigenvalue weighted by atomic mass is 10.0. The Balaban J connectivity index is 4.13. The average Bonchev–Trinajstić information content (AvgIpc) is 3.12. The van der Waals surface area contributed by atoms with E-state index in [-0.39, 0.29) is 12.5 Å². The summed E-state index contributed by atoms with van der Waals surface area (Å²) >= 11 is 0. The number of rotatable bonds is 41. The van der Waals surface area contributed by atoms with Gasteiger partial charge < -0.3 is 28.8 Å². The normalized spacial score (nSPS) is 14.6. The van der Waals surface area contributed by atoms with Gasteiger partial charge in [-0.2, -0.15) is 0 Å². The van der Waals surface area contributed by atoms with Gasteiger partial charge in [0.2, 0.25) is 5.91 Å². The van der Waals surface area contributed by atoms with Crippen LogP contribution in [-0.4, -0.2) is 68.5 Å². The van der Waals surface area contributed by atoms with Crippen molar-refractivity contribution in [3.05, 3.63) is 24.3 Å². The number of unbranched alkanes of at least 4 members (excludes halogenated alkanes) is 26. The summed E-state index contributed by atoms with van der Waals surface area (Å²) in [6.45, 7) is 4.56. The molecule has 0 aromatic heterocycles. The van der Waals surface area contributed by atoms with Gasteiger partial charge in [0.25, 0.3) is 7.82 Å². The molecule has 0 bridgehead atoms. The number of likely N-dealkylation sites (N-methyl/N-ethyl adjacent to an activating group) is 1. The number of amides is 1. The fourth-order valence-electron chi connectivity index (χ4n) is 6.52. The number of aliphatic hydroxyl groups excluding tert-OH is 1. The Morgan fingerprint density at radius 3 is 1.50 bits per heavy atom. The third-order valence-electron chi connectivity index (χ3n) is 10.2. The van der Waals surface area contributed by atoms with E-state index in [1.165, 1.54) is 148 Å². The quantitative estimate of drug-likeness (QED) is 0.0277. The standard InChI is InChI=1S/C45H89N2O6P/c1-6-8-10-12-14-15-16-17-18-19-20-21-22-23-24-25-26-27-28-29-30-31-32-33-34-36-38-44(48)43(46-45(49)39-37-35-13-11-9-7-2)42-53-54(50,51)52-41-40-47(3,4)5/h31-32,36,38,43-44,48H,6-30,33-35,37,39-42H2,1-5H3,(H-,46,49,50,51)/b32-31+,38-36+. The number of nitrogens with zero attached hydrogens (tertiary/aromatic N) is 1. The first kappa shape index (κ1) is 53.0. The van der Waals surface area contributed by atoms with Crippen molar-refractivity contribution in [2.75, 3.05) is 40.9 Å².